The third kappa shape index (κ3) is 19.5. The fraction of sp³-hybridized carbons (Fsp3) is 0.478. The number of carbonyl (C=O) groups is 3. The Hall–Kier alpha value is -10.2. The third-order valence-corrected chi connectivity index (χ3v) is 14.0. The van der Waals surface area contributed by atoms with Gasteiger partial charge in [0.25, 0.3) is 17.4 Å². The lowest BCUT2D eigenvalue weighted by Crippen LogP contribution is -2.46. The van der Waals surface area contributed by atoms with Gasteiger partial charge in [-0.2, -0.15) is 9.61 Å². The SMILES string of the molecule is C=C1N=C(N)C=CN1C(C)(C)C.C=C1NC(=O)C(C)=CN1C(C)(C)C.C=C1NC(=O)C=CN1C(C)(C)C.CC(C)(C)n1nnc2c(N)ccnc21.CC(C)(C)n1nnc2c1N=CCC2=O.CNc1ccnc2c(C(C)(C)C)cnn12.Cc1nc2c(ncn2C(C)(C)C)c(=O)[nH]1. The fourth-order valence-corrected chi connectivity index (χ4v) is 9.17. The molecule has 512 valence electrons. The van der Waals surface area contributed by atoms with Gasteiger partial charge in [-0.15, -0.1) is 10.2 Å². The second kappa shape index (κ2) is 29.0. The number of hydrogen-bond acceptors (Lipinski definition) is 21. The molecule has 0 aliphatic carbocycles. The summed E-state index contributed by atoms with van der Waals surface area (Å²) in [6.07, 6.45) is 17.7. The maximum absolute atomic E-state index is 11.6. The standard InChI is InChI=1S/C11H16N4.C10H14N4O.C10H16N2O.C9H13N5.C9H12N4O.C9H15N3.C9H14N2O/c1-11(2,3)8-7-14-15-9(12-4)5-6-13-10(8)15;1-6-12-8-7(9(15)13-6)11-5-14(8)10(2,3)4;1-7-6-12(10(3,4)5)8(2)11-9(7)13;1-9(2,3)14-8-7(12-13-14)6(10)4-5-11-8;1-9(2,3)13-8-7(11-12-13)6(14)4-5-10-8;1-7-11-8(10)5-6-12(7)9(2,3)4;1-7-10-8(12)5-6-11(7)9(2,3)4/h5-7,12H,1-4H3;5H,1-4H3,(H,12,13,15);6H,2H2,1,3-5H3,(H,11,13);4-5H,1-3H3,(H2,10,11);5H,4H2,1-3H3;5-6H,1H2,2-4H3,(H2,10,11);5-6H,1H2,2-4H3,(H,10,12). The molecule has 7 aromatic heterocycles. The maximum Gasteiger partial charge on any atom is 0.279 e. The van der Waals surface area contributed by atoms with E-state index in [2.05, 4.69) is 179 Å². The summed E-state index contributed by atoms with van der Waals surface area (Å²) in [4.78, 5) is 78.8. The molecule has 0 aromatic carbocycles. The summed E-state index contributed by atoms with van der Waals surface area (Å²) >= 11 is 0. The van der Waals surface area contributed by atoms with Gasteiger partial charge >= 0.3 is 0 Å². The van der Waals surface area contributed by atoms with Crippen LogP contribution in [0.25, 0.3) is 28.0 Å². The molecule has 11 rings (SSSR count). The van der Waals surface area contributed by atoms with E-state index in [1.54, 1.807) is 66.5 Å². The average molecular weight is 1310 g/mol. The molecule has 0 spiro atoms. The van der Waals surface area contributed by atoms with Gasteiger partial charge < -0.3 is 51.7 Å². The summed E-state index contributed by atoms with van der Waals surface area (Å²) in [5.74, 6) is 4.44. The van der Waals surface area contributed by atoms with Crippen molar-refractivity contribution in [2.24, 2.45) is 15.7 Å². The number of nitrogen functional groups attached to an aromatic ring is 1. The topological polar surface area (TPSA) is 342 Å². The molecule has 95 heavy (non-hydrogen) atoms. The molecule has 8 N–H and O–H groups in total. The first-order valence-corrected chi connectivity index (χ1v) is 31.0. The van der Waals surface area contributed by atoms with E-state index in [1.165, 1.54) is 11.6 Å². The number of aryl methyl sites for hydroxylation is 1. The van der Waals surface area contributed by atoms with Gasteiger partial charge in [0.05, 0.1) is 29.3 Å². The highest BCUT2D eigenvalue weighted by Crippen LogP contribution is 2.30. The van der Waals surface area contributed by atoms with Crippen LogP contribution in [0.15, 0.2) is 125 Å². The number of hydrogen-bond donors (Lipinski definition) is 6. The Bertz CT molecular complexity index is 4190. The number of nitrogens with two attached hydrogens (primary N) is 2. The Morgan fingerprint density at radius 3 is 1.74 bits per heavy atom. The largest absolute Gasteiger partial charge is 0.397 e. The van der Waals surface area contributed by atoms with Crippen LogP contribution in [-0.2, 0) is 31.6 Å². The van der Waals surface area contributed by atoms with Crippen molar-refractivity contribution in [1.29, 1.82) is 0 Å². The first-order valence-electron chi connectivity index (χ1n) is 31.0. The van der Waals surface area contributed by atoms with Crippen LogP contribution < -0.4 is 33.0 Å². The molecule has 4 aliphatic heterocycles. The summed E-state index contributed by atoms with van der Waals surface area (Å²) < 4.78 is 7.19. The fourth-order valence-electron chi connectivity index (χ4n) is 9.17. The van der Waals surface area contributed by atoms with Crippen LogP contribution in [0.1, 0.15) is 181 Å². The highest BCUT2D eigenvalue weighted by atomic mass is 16.2. The number of nitrogens with one attached hydrogen (secondary N) is 4. The lowest BCUT2D eigenvalue weighted by Gasteiger charge is -2.38. The molecule has 28 nitrogen and oxygen atoms in total. The molecule has 0 saturated carbocycles. The second-order valence-electron chi connectivity index (χ2n) is 29.6. The van der Waals surface area contributed by atoms with Crippen molar-refractivity contribution in [2.75, 3.05) is 18.1 Å². The van der Waals surface area contributed by atoms with E-state index < -0.39 is 0 Å². The number of fused-ring (bicyclic) bond motifs is 4. The monoisotopic (exact) mass is 1300 g/mol. The number of rotatable bonds is 1. The van der Waals surface area contributed by atoms with E-state index in [4.69, 9.17) is 11.5 Å². The molecule has 11 heterocycles. The minimum absolute atomic E-state index is 0.00880. The van der Waals surface area contributed by atoms with E-state index in [9.17, 15) is 19.2 Å². The number of anilines is 2. The zero-order chi connectivity index (χ0) is 71.9. The molecule has 0 radical (unpaired) electrons. The average Bonchev–Trinajstić information content (AvgIpc) is 1.68. The number of ketones is 1. The van der Waals surface area contributed by atoms with E-state index in [1.807, 2.05) is 118 Å². The number of nitrogens with zero attached hydrogens (tertiary/aromatic N) is 18. The number of pyridine rings is 1. The molecular formula is C67H100N24O4. The second-order valence-corrected chi connectivity index (χ2v) is 29.6. The van der Waals surface area contributed by atoms with Crippen LogP contribution in [-0.4, -0.2) is 137 Å². The van der Waals surface area contributed by atoms with Gasteiger partial charge in [-0.3, -0.25) is 19.2 Å². The van der Waals surface area contributed by atoms with Gasteiger partial charge in [-0.1, -0.05) is 50.9 Å². The zero-order valence-corrected chi connectivity index (χ0v) is 60.1. The molecule has 0 saturated heterocycles. The van der Waals surface area contributed by atoms with E-state index in [-0.39, 0.29) is 61.8 Å². The van der Waals surface area contributed by atoms with Crippen LogP contribution >= 0.6 is 0 Å². The number of aromatic nitrogens is 14. The number of carbonyl (C=O) groups excluding carboxylic acids is 3. The van der Waals surface area contributed by atoms with Crippen molar-refractivity contribution in [2.45, 2.75) is 204 Å². The summed E-state index contributed by atoms with van der Waals surface area (Å²) in [7, 11) is 1.88. The van der Waals surface area contributed by atoms with Crippen molar-refractivity contribution in [3.63, 3.8) is 0 Å². The number of amidine groups is 1. The van der Waals surface area contributed by atoms with Gasteiger partial charge in [-0.05, 0) is 162 Å². The third-order valence-electron chi connectivity index (χ3n) is 14.0. The first kappa shape index (κ1) is 75.6. The number of H-pyrrole nitrogens is 1. The quantitative estimate of drug-likeness (QED) is 0.0890. The van der Waals surface area contributed by atoms with Gasteiger partial charge in [-0.25, -0.2) is 39.3 Å². The summed E-state index contributed by atoms with van der Waals surface area (Å²) in [6.45, 7) is 58.4. The van der Waals surface area contributed by atoms with Crippen molar-refractivity contribution in [3.05, 3.63) is 138 Å². The minimum Gasteiger partial charge on any atom is -0.397 e. The lowest BCUT2D eigenvalue weighted by atomic mass is 9.89. The van der Waals surface area contributed by atoms with Gasteiger partial charge in [0, 0.05) is 90.0 Å². The normalized spacial score (nSPS) is 15.1. The van der Waals surface area contributed by atoms with Crippen molar-refractivity contribution < 1.29 is 14.4 Å². The van der Waals surface area contributed by atoms with Crippen LogP contribution in [0.5, 0.6) is 0 Å². The zero-order valence-electron chi connectivity index (χ0n) is 60.1. The van der Waals surface area contributed by atoms with Crippen molar-refractivity contribution in [1.82, 2.24) is 94.4 Å². The number of Topliss-reactive ketones (excluding diaryl/α,β-unsaturated/α-hetero) is 1. The Morgan fingerprint density at radius 1 is 0.621 bits per heavy atom. The minimum atomic E-state index is -0.199. The highest BCUT2D eigenvalue weighted by molar-refractivity contribution is 6.08. The number of imidazole rings is 1. The summed E-state index contributed by atoms with van der Waals surface area (Å²) in [5, 5.41) is 28.7. The molecule has 0 unspecified atom stereocenters. The van der Waals surface area contributed by atoms with Crippen LogP contribution in [0.4, 0.5) is 17.3 Å². The maximum atomic E-state index is 11.6. The smallest absolute Gasteiger partial charge is 0.279 e. The first-order chi connectivity index (χ1) is 43.6. The van der Waals surface area contributed by atoms with Crippen molar-refractivity contribution in [3.8, 4) is 0 Å². The summed E-state index contributed by atoms with van der Waals surface area (Å²) in [5.41, 5.74) is 16.9. The Labute approximate surface area is 557 Å². The van der Waals surface area contributed by atoms with Crippen LogP contribution in [0, 0.1) is 6.92 Å². The van der Waals surface area contributed by atoms with Crippen molar-refractivity contribution >= 4 is 74.9 Å². The molecule has 4 aliphatic rings. The van der Waals surface area contributed by atoms with Gasteiger partial charge in [0.15, 0.2) is 45.3 Å². The molecule has 7 aromatic rings. The van der Waals surface area contributed by atoms with Crippen LogP contribution in [0.2, 0.25) is 0 Å². The highest BCUT2D eigenvalue weighted by Gasteiger charge is 2.30. The number of aromatic amines is 1. The summed E-state index contributed by atoms with van der Waals surface area (Å²) in [6, 6.07) is 3.64. The Kier molecular flexibility index (Phi) is 23.1. The van der Waals surface area contributed by atoms with E-state index in [0.717, 1.165) is 17.1 Å². The molecule has 0 atom stereocenters. The van der Waals surface area contributed by atoms with E-state index >= 15 is 0 Å². The Morgan fingerprint density at radius 2 is 1.19 bits per heavy atom. The number of aliphatic imine (C=N–C) groups is 2. The van der Waals surface area contributed by atoms with Gasteiger partial charge in [0.1, 0.15) is 34.9 Å². The predicted molar refractivity (Wildman–Crippen MR) is 378 cm³/mol. The predicted octanol–water partition coefficient (Wildman–Crippen LogP) is 9.97. The molecular weight excluding hydrogens is 1200 g/mol. The molecule has 0 fully saturated rings. The van der Waals surface area contributed by atoms with Gasteiger partial charge in [0.2, 0.25) is 0 Å². The molecule has 2 amide bonds. The lowest BCUT2D eigenvalue weighted by molar-refractivity contribution is -0.118. The molecule has 0 bridgehead atoms. The molecule has 28 heteroatoms. The van der Waals surface area contributed by atoms with E-state index in [0.29, 0.717) is 75.0 Å². The Balaban J connectivity index is 0.000000201. The number of amides is 2. The van der Waals surface area contributed by atoms with Crippen LogP contribution in [0.3, 0.4) is 0 Å².